The number of hydrogen-bond acceptors (Lipinski definition) is 3. The molecule has 1 rings (SSSR count). The van der Waals surface area contributed by atoms with Crippen LogP contribution in [0.15, 0.2) is 12.4 Å². The van der Waals surface area contributed by atoms with E-state index in [1.54, 1.807) is 6.20 Å². The molecular formula is C7H14N4. The predicted octanol–water partition coefficient (Wildman–Crippen LogP) is 0.195. The second-order valence-corrected chi connectivity index (χ2v) is 2.48. The molecule has 4 nitrogen and oxygen atoms in total. The lowest BCUT2D eigenvalue weighted by molar-refractivity contribution is 0.780. The van der Waals surface area contributed by atoms with Crippen molar-refractivity contribution in [1.29, 1.82) is 0 Å². The molecule has 3 N–H and O–H groups in total. The molecule has 0 atom stereocenters. The van der Waals surface area contributed by atoms with Gasteiger partial charge in [-0.1, -0.05) is 0 Å². The van der Waals surface area contributed by atoms with Gasteiger partial charge in [0.15, 0.2) is 0 Å². The molecule has 1 aromatic rings. The third kappa shape index (κ3) is 2.23. The van der Waals surface area contributed by atoms with E-state index >= 15 is 0 Å². The zero-order valence-corrected chi connectivity index (χ0v) is 6.75. The molecule has 0 unspecified atom stereocenters. The fraction of sp³-hybridized carbons (Fsp3) is 0.571. The van der Waals surface area contributed by atoms with Crippen molar-refractivity contribution in [3.8, 4) is 0 Å². The molecule has 0 fully saturated rings. The maximum absolute atomic E-state index is 5.37. The van der Waals surface area contributed by atoms with Crippen LogP contribution in [0.25, 0.3) is 0 Å². The van der Waals surface area contributed by atoms with Crippen molar-refractivity contribution in [3.63, 3.8) is 0 Å². The Morgan fingerprint density at radius 1 is 1.73 bits per heavy atom. The number of nitrogens with two attached hydrogens (primary N) is 1. The van der Waals surface area contributed by atoms with E-state index in [1.807, 2.05) is 18.1 Å². The largest absolute Gasteiger partial charge is 0.345 e. The lowest BCUT2D eigenvalue weighted by Crippen LogP contribution is -2.21. The Morgan fingerprint density at radius 3 is 3.09 bits per heavy atom. The minimum atomic E-state index is 0.727. The van der Waals surface area contributed by atoms with E-state index in [0.29, 0.717) is 0 Å². The van der Waals surface area contributed by atoms with Crippen molar-refractivity contribution in [2.45, 2.75) is 6.42 Å². The summed E-state index contributed by atoms with van der Waals surface area (Å²) in [6.45, 7) is 1.68. The summed E-state index contributed by atoms with van der Waals surface area (Å²) < 4.78 is 0. The summed E-state index contributed by atoms with van der Waals surface area (Å²) in [7, 11) is 1.99. The Morgan fingerprint density at radius 2 is 2.55 bits per heavy atom. The number of hydrogen-bond donors (Lipinski definition) is 2. The van der Waals surface area contributed by atoms with Crippen molar-refractivity contribution in [2.75, 3.05) is 25.0 Å². The molecule has 0 aliphatic carbocycles. The minimum absolute atomic E-state index is 0.727. The number of imidazole rings is 1. The van der Waals surface area contributed by atoms with Crippen LogP contribution >= 0.6 is 0 Å². The van der Waals surface area contributed by atoms with Gasteiger partial charge in [-0.3, -0.25) is 0 Å². The Labute approximate surface area is 66.4 Å². The van der Waals surface area contributed by atoms with Gasteiger partial charge >= 0.3 is 0 Å². The normalized spacial score (nSPS) is 10.0. The Balaban J connectivity index is 2.36. The molecule has 62 valence electrons. The van der Waals surface area contributed by atoms with Gasteiger partial charge in [0, 0.05) is 26.0 Å². The number of aromatic nitrogens is 2. The van der Waals surface area contributed by atoms with E-state index in [0.717, 1.165) is 25.5 Å². The summed E-state index contributed by atoms with van der Waals surface area (Å²) in [5.74, 6) is 0.901. The smallest absolute Gasteiger partial charge is 0.202 e. The molecule has 1 aromatic heterocycles. The molecule has 0 saturated heterocycles. The van der Waals surface area contributed by atoms with Crippen LogP contribution in [0.1, 0.15) is 6.42 Å². The van der Waals surface area contributed by atoms with Gasteiger partial charge < -0.3 is 15.6 Å². The van der Waals surface area contributed by atoms with Crippen LogP contribution in [0.5, 0.6) is 0 Å². The van der Waals surface area contributed by atoms with Crippen molar-refractivity contribution < 1.29 is 0 Å². The average molecular weight is 154 g/mol. The monoisotopic (exact) mass is 154 g/mol. The van der Waals surface area contributed by atoms with Gasteiger partial charge in [-0.2, -0.15) is 0 Å². The second-order valence-electron chi connectivity index (χ2n) is 2.48. The van der Waals surface area contributed by atoms with E-state index in [9.17, 15) is 0 Å². The van der Waals surface area contributed by atoms with Gasteiger partial charge in [0.25, 0.3) is 0 Å². The molecule has 0 amide bonds. The molecule has 0 aromatic carbocycles. The number of nitrogens with one attached hydrogen (secondary N) is 1. The zero-order chi connectivity index (χ0) is 8.10. The molecule has 4 heteroatoms. The maximum Gasteiger partial charge on any atom is 0.202 e. The van der Waals surface area contributed by atoms with Crippen molar-refractivity contribution >= 4 is 5.95 Å². The van der Waals surface area contributed by atoms with Gasteiger partial charge in [-0.25, -0.2) is 4.98 Å². The number of anilines is 1. The van der Waals surface area contributed by atoms with Gasteiger partial charge in [0.1, 0.15) is 0 Å². The first-order valence-electron chi connectivity index (χ1n) is 3.75. The van der Waals surface area contributed by atoms with Gasteiger partial charge in [-0.05, 0) is 13.0 Å². The molecule has 11 heavy (non-hydrogen) atoms. The van der Waals surface area contributed by atoms with Crippen LogP contribution in [0, 0.1) is 0 Å². The van der Waals surface area contributed by atoms with Crippen LogP contribution < -0.4 is 10.6 Å². The Kier molecular flexibility index (Phi) is 2.92. The van der Waals surface area contributed by atoms with Crippen molar-refractivity contribution in [1.82, 2.24) is 9.97 Å². The maximum atomic E-state index is 5.37. The van der Waals surface area contributed by atoms with E-state index in [4.69, 9.17) is 5.73 Å². The van der Waals surface area contributed by atoms with E-state index in [1.165, 1.54) is 0 Å². The fourth-order valence-electron chi connectivity index (χ4n) is 0.900. The van der Waals surface area contributed by atoms with Crippen LogP contribution in [0.3, 0.4) is 0 Å². The standard InChI is InChI=1S/C7H14N4/c1-11(6-2-3-8)7-9-4-5-10-7/h4-5H,2-3,6,8H2,1H3,(H,9,10). The zero-order valence-electron chi connectivity index (χ0n) is 6.75. The van der Waals surface area contributed by atoms with Gasteiger partial charge in [0.2, 0.25) is 5.95 Å². The number of H-pyrrole nitrogens is 1. The SMILES string of the molecule is CN(CCCN)c1ncc[nH]1. The molecule has 0 bridgehead atoms. The number of nitrogens with zero attached hydrogens (tertiary/aromatic N) is 2. The fourth-order valence-corrected chi connectivity index (χ4v) is 0.900. The highest BCUT2D eigenvalue weighted by molar-refractivity contribution is 5.26. The molecule has 1 heterocycles. The van der Waals surface area contributed by atoms with E-state index in [-0.39, 0.29) is 0 Å². The second kappa shape index (κ2) is 3.98. The van der Waals surface area contributed by atoms with E-state index in [2.05, 4.69) is 9.97 Å². The summed E-state index contributed by atoms with van der Waals surface area (Å²) >= 11 is 0. The quantitative estimate of drug-likeness (QED) is 0.651. The first-order chi connectivity index (χ1) is 5.34. The molecule has 0 spiro atoms. The summed E-state index contributed by atoms with van der Waals surface area (Å²) in [5.41, 5.74) is 5.37. The number of aromatic amines is 1. The van der Waals surface area contributed by atoms with Crippen molar-refractivity contribution in [2.24, 2.45) is 5.73 Å². The third-order valence-corrected chi connectivity index (χ3v) is 1.54. The highest BCUT2D eigenvalue weighted by Crippen LogP contribution is 2.01. The third-order valence-electron chi connectivity index (χ3n) is 1.54. The average Bonchev–Trinajstić information content (AvgIpc) is 2.52. The summed E-state index contributed by atoms with van der Waals surface area (Å²) in [4.78, 5) is 9.17. The Hall–Kier alpha value is -1.03. The first-order valence-corrected chi connectivity index (χ1v) is 3.75. The number of rotatable bonds is 4. The molecule has 0 aliphatic heterocycles. The molecule has 0 aliphatic rings. The molecule has 0 radical (unpaired) electrons. The van der Waals surface area contributed by atoms with Gasteiger partial charge in [-0.15, -0.1) is 0 Å². The summed E-state index contributed by atoms with van der Waals surface area (Å²) in [6, 6.07) is 0. The topological polar surface area (TPSA) is 57.9 Å². The van der Waals surface area contributed by atoms with E-state index < -0.39 is 0 Å². The van der Waals surface area contributed by atoms with Crippen LogP contribution in [0.2, 0.25) is 0 Å². The van der Waals surface area contributed by atoms with Crippen LogP contribution in [0.4, 0.5) is 5.95 Å². The van der Waals surface area contributed by atoms with Crippen LogP contribution in [-0.2, 0) is 0 Å². The summed E-state index contributed by atoms with van der Waals surface area (Å²) in [6.07, 6.45) is 4.56. The van der Waals surface area contributed by atoms with Crippen molar-refractivity contribution in [3.05, 3.63) is 12.4 Å². The molecular weight excluding hydrogens is 140 g/mol. The Bertz CT molecular complexity index is 182. The lowest BCUT2D eigenvalue weighted by Gasteiger charge is -2.14. The summed E-state index contributed by atoms with van der Waals surface area (Å²) in [5, 5.41) is 0. The highest BCUT2D eigenvalue weighted by Gasteiger charge is 1.99. The lowest BCUT2D eigenvalue weighted by atomic mass is 10.4. The van der Waals surface area contributed by atoms with Gasteiger partial charge in [0.05, 0.1) is 0 Å². The highest BCUT2D eigenvalue weighted by atomic mass is 15.2. The predicted molar refractivity (Wildman–Crippen MR) is 45.5 cm³/mol. The molecule has 0 saturated carbocycles. The van der Waals surface area contributed by atoms with Crippen LogP contribution in [-0.4, -0.2) is 30.1 Å². The minimum Gasteiger partial charge on any atom is -0.345 e. The first kappa shape index (κ1) is 8.07.